The molecule has 0 fully saturated rings. The van der Waals surface area contributed by atoms with Crippen LogP contribution in [0, 0.1) is 5.92 Å². The second kappa shape index (κ2) is 11.9. The van der Waals surface area contributed by atoms with Gasteiger partial charge in [-0.2, -0.15) is 0 Å². The number of nitrogens with one attached hydrogen (secondary N) is 3. The van der Waals surface area contributed by atoms with Gasteiger partial charge in [0.25, 0.3) is 17.7 Å². The Hall–Kier alpha value is -3.07. The van der Waals surface area contributed by atoms with Crippen molar-refractivity contribution >= 4 is 33.7 Å². The number of carbonyl (C=O) groups excluding carboxylic acids is 3. The van der Waals surface area contributed by atoms with Crippen molar-refractivity contribution in [2.75, 3.05) is 13.2 Å². The number of carbonyl (C=O) groups is 3. The van der Waals surface area contributed by atoms with Crippen molar-refractivity contribution in [3.8, 4) is 11.5 Å². The van der Waals surface area contributed by atoms with Crippen LogP contribution in [0.15, 0.2) is 53.0 Å². The van der Waals surface area contributed by atoms with Gasteiger partial charge in [0.2, 0.25) is 0 Å². The predicted octanol–water partition coefficient (Wildman–Crippen LogP) is 2.83. The van der Waals surface area contributed by atoms with E-state index in [2.05, 4.69) is 32.1 Å². The summed E-state index contributed by atoms with van der Waals surface area (Å²) in [7, 11) is 0. The van der Waals surface area contributed by atoms with Crippen molar-refractivity contribution in [2.45, 2.75) is 26.8 Å². The fourth-order valence-corrected chi connectivity index (χ4v) is 2.96. The first-order valence-corrected chi connectivity index (χ1v) is 10.6. The second-order valence-electron chi connectivity index (χ2n) is 6.94. The van der Waals surface area contributed by atoms with Gasteiger partial charge in [-0.25, -0.2) is 0 Å². The quantitative estimate of drug-likeness (QED) is 0.467. The molecule has 0 radical (unpaired) electrons. The summed E-state index contributed by atoms with van der Waals surface area (Å²) in [6.07, 6.45) is 0. The van der Waals surface area contributed by atoms with Crippen LogP contribution in [0.2, 0.25) is 0 Å². The molecule has 0 spiro atoms. The standard InChI is InChI=1S/C22H26BrN3O5/c1-4-30-17-10-8-15(9-11-17)21(28)24-20(14(2)3)22(29)26-25-19(27)13-31-18-7-5-6-16(23)12-18/h5-12,14,20H,4,13H2,1-3H3,(H,24,28)(H,25,27)(H,26,29)/t20-/m0/s1. The molecular weight excluding hydrogens is 466 g/mol. The van der Waals surface area contributed by atoms with E-state index in [0.717, 1.165) is 4.47 Å². The second-order valence-corrected chi connectivity index (χ2v) is 7.85. The molecule has 3 N–H and O–H groups in total. The third kappa shape index (κ3) is 7.93. The smallest absolute Gasteiger partial charge is 0.276 e. The van der Waals surface area contributed by atoms with Crippen LogP contribution in [0.5, 0.6) is 11.5 Å². The fraction of sp³-hybridized carbons (Fsp3) is 0.318. The van der Waals surface area contributed by atoms with Gasteiger partial charge in [0.15, 0.2) is 6.61 Å². The maximum absolute atomic E-state index is 12.5. The zero-order valence-electron chi connectivity index (χ0n) is 17.6. The first kappa shape index (κ1) is 24.2. The Morgan fingerprint density at radius 3 is 2.29 bits per heavy atom. The van der Waals surface area contributed by atoms with E-state index in [1.807, 2.05) is 13.0 Å². The molecule has 0 aliphatic rings. The monoisotopic (exact) mass is 491 g/mol. The van der Waals surface area contributed by atoms with E-state index in [-0.39, 0.29) is 12.5 Å². The van der Waals surface area contributed by atoms with Crippen LogP contribution < -0.4 is 25.6 Å². The highest BCUT2D eigenvalue weighted by Crippen LogP contribution is 2.17. The largest absolute Gasteiger partial charge is 0.494 e. The average molecular weight is 492 g/mol. The van der Waals surface area contributed by atoms with E-state index in [1.54, 1.807) is 56.3 Å². The van der Waals surface area contributed by atoms with E-state index < -0.39 is 23.8 Å². The maximum Gasteiger partial charge on any atom is 0.276 e. The molecule has 31 heavy (non-hydrogen) atoms. The van der Waals surface area contributed by atoms with Crippen LogP contribution >= 0.6 is 15.9 Å². The number of rotatable bonds is 9. The molecule has 0 saturated carbocycles. The van der Waals surface area contributed by atoms with E-state index in [4.69, 9.17) is 9.47 Å². The molecule has 1 atom stereocenters. The number of hydrazine groups is 1. The van der Waals surface area contributed by atoms with E-state index in [9.17, 15) is 14.4 Å². The summed E-state index contributed by atoms with van der Waals surface area (Å²) < 4.78 is 11.5. The molecule has 3 amide bonds. The number of ether oxygens (including phenoxy) is 2. The Morgan fingerprint density at radius 1 is 0.968 bits per heavy atom. The third-order valence-corrected chi connectivity index (χ3v) is 4.65. The van der Waals surface area contributed by atoms with Gasteiger partial charge in [-0.15, -0.1) is 0 Å². The highest BCUT2D eigenvalue weighted by Gasteiger charge is 2.25. The van der Waals surface area contributed by atoms with Crippen molar-refractivity contribution in [2.24, 2.45) is 5.92 Å². The maximum atomic E-state index is 12.5. The van der Waals surface area contributed by atoms with Gasteiger partial charge in [0, 0.05) is 10.0 Å². The van der Waals surface area contributed by atoms with E-state index >= 15 is 0 Å². The summed E-state index contributed by atoms with van der Waals surface area (Å²) >= 11 is 3.32. The van der Waals surface area contributed by atoms with E-state index in [0.29, 0.717) is 23.7 Å². The summed E-state index contributed by atoms with van der Waals surface area (Å²) in [4.78, 5) is 37.0. The highest BCUT2D eigenvalue weighted by molar-refractivity contribution is 9.10. The molecule has 8 nitrogen and oxygen atoms in total. The van der Waals surface area contributed by atoms with Gasteiger partial charge in [-0.3, -0.25) is 25.2 Å². The predicted molar refractivity (Wildman–Crippen MR) is 120 cm³/mol. The number of hydrogen-bond donors (Lipinski definition) is 3. The topological polar surface area (TPSA) is 106 Å². The number of benzene rings is 2. The van der Waals surface area contributed by atoms with Crippen molar-refractivity contribution < 1.29 is 23.9 Å². The first-order valence-electron chi connectivity index (χ1n) is 9.81. The highest BCUT2D eigenvalue weighted by atomic mass is 79.9. The molecule has 0 heterocycles. The van der Waals surface area contributed by atoms with Gasteiger partial charge in [0.05, 0.1) is 6.61 Å². The van der Waals surface area contributed by atoms with Crippen LogP contribution in [0.3, 0.4) is 0 Å². The molecule has 2 rings (SSSR count). The van der Waals surface area contributed by atoms with Gasteiger partial charge in [0.1, 0.15) is 17.5 Å². The van der Waals surface area contributed by atoms with Crippen molar-refractivity contribution in [1.29, 1.82) is 0 Å². The fourth-order valence-electron chi connectivity index (χ4n) is 2.58. The van der Waals surface area contributed by atoms with Gasteiger partial charge in [-0.05, 0) is 55.3 Å². The number of hydrogen-bond acceptors (Lipinski definition) is 5. The average Bonchev–Trinajstić information content (AvgIpc) is 2.74. The lowest BCUT2D eigenvalue weighted by Crippen LogP contribution is -2.54. The van der Waals surface area contributed by atoms with Crippen molar-refractivity contribution in [1.82, 2.24) is 16.2 Å². The van der Waals surface area contributed by atoms with Gasteiger partial charge in [-0.1, -0.05) is 35.8 Å². The van der Waals surface area contributed by atoms with E-state index in [1.165, 1.54) is 0 Å². The van der Waals surface area contributed by atoms with Gasteiger partial charge >= 0.3 is 0 Å². The lowest BCUT2D eigenvalue weighted by molar-refractivity contribution is -0.131. The molecule has 2 aromatic carbocycles. The Kier molecular flexibility index (Phi) is 9.33. The Labute approximate surface area is 189 Å². The van der Waals surface area contributed by atoms with Crippen molar-refractivity contribution in [3.05, 3.63) is 58.6 Å². The SMILES string of the molecule is CCOc1ccc(C(=O)N[C@H](C(=O)NNC(=O)COc2cccc(Br)c2)C(C)C)cc1. The summed E-state index contributed by atoms with van der Waals surface area (Å²) in [5.74, 6) is -0.509. The summed E-state index contributed by atoms with van der Waals surface area (Å²) in [5, 5.41) is 2.69. The zero-order chi connectivity index (χ0) is 22.8. The Morgan fingerprint density at radius 2 is 1.68 bits per heavy atom. The number of amides is 3. The molecule has 0 aromatic heterocycles. The summed E-state index contributed by atoms with van der Waals surface area (Å²) in [6.45, 7) is 5.71. The normalized spacial score (nSPS) is 11.4. The Balaban J connectivity index is 1.86. The zero-order valence-corrected chi connectivity index (χ0v) is 19.2. The number of halogens is 1. The molecule has 0 aliphatic carbocycles. The van der Waals surface area contributed by atoms with Crippen LogP contribution in [0.1, 0.15) is 31.1 Å². The van der Waals surface area contributed by atoms with Crippen LogP contribution in [0.4, 0.5) is 0 Å². The minimum Gasteiger partial charge on any atom is -0.494 e. The molecule has 0 saturated heterocycles. The molecule has 0 bridgehead atoms. The molecular formula is C22H26BrN3O5. The lowest BCUT2D eigenvalue weighted by atomic mass is 10.0. The molecule has 0 unspecified atom stereocenters. The molecule has 2 aromatic rings. The van der Waals surface area contributed by atoms with Crippen LogP contribution in [-0.2, 0) is 9.59 Å². The van der Waals surface area contributed by atoms with Crippen LogP contribution in [-0.4, -0.2) is 37.0 Å². The first-order chi connectivity index (χ1) is 14.8. The summed E-state index contributed by atoms with van der Waals surface area (Å²) in [5.41, 5.74) is 5.02. The Bertz CT molecular complexity index is 902. The third-order valence-electron chi connectivity index (χ3n) is 4.15. The van der Waals surface area contributed by atoms with Gasteiger partial charge < -0.3 is 14.8 Å². The van der Waals surface area contributed by atoms with Crippen LogP contribution in [0.25, 0.3) is 0 Å². The lowest BCUT2D eigenvalue weighted by Gasteiger charge is -2.22. The minimum absolute atomic E-state index is 0.207. The molecule has 166 valence electrons. The molecule has 9 heteroatoms. The molecule has 0 aliphatic heterocycles. The minimum atomic E-state index is -0.842. The van der Waals surface area contributed by atoms with Crippen molar-refractivity contribution in [3.63, 3.8) is 0 Å². The summed E-state index contributed by atoms with van der Waals surface area (Å²) in [6, 6.07) is 12.8.